The third-order valence-corrected chi connectivity index (χ3v) is 4.76. The van der Waals surface area contributed by atoms with Gasteiger partial charge in [-0.2, -0.15) is 31.6 Å². The third-order valence-electron chi connectivity index (χ3n) is 4.76. The molecule has 6 nitrogen and oxygen atoms in total. The van der Waals surface area contributed by atoms with Gasteiger partial charge in [0.15, 0.2) is 5.65 Å². The number of benzene rings is 1. The lowest BCUT2D eigenvalue weighted by molar-refractivity contribution is -0.290. The first-order valence-corrected chi connectivity index (χ1v) is 8.31. The van der Waals surface area contributed by atoms with E-state index in [4.69, 9.17) is 0 Å². The summed E-state index contributed by atoms with van der Waals surface area (Å²) >= 11 is 0. The average Bonchev–Trinajstić information content (AvgIpc) is 3.10. The molecule has 150 valence electrons. The van der Waals surface area contributed by atoms with Crippen molar-refractivity contribution in [3.8, 4) is 0 Å². The van der Waals surface area contributed by atoms with E-state index in [2.05, 4.69) is 20.0 Å². The van der Waals surface area contributed by atoms with Crippen LogP contribution in [-0.2, 0) is 5.92 Å². The van der Waals surface area contributed by atoms with Gasteiger partial charge < -0.3 is 9.80 Å². The first kappa shape index (κ1) is 18.7. The van der Waals surface area contributed by atoms with Crippen LogP contribution < -0.4 is 4.90 Å². The first-order valence-electron chi connectivity index (χ1n) is 8.31. The second-order valence-electron chi connectivity index (χ2n) is 6.62. The van der Waals surface area contributed by atoms with Crippen molar-refractivity contribution in [1.29, 1.82) is 0 Å². The quantitative estimate of drug-likeness (QED) is 0.615. The monoisotopic (exact) mass is 404 g/mol. The minimum Gasteiger partial charge on any atom is -0.338 e. The lowest BCUT2D eigenvalue weighted by atomic mass is 10.0. The second-order valence-corrected chi connectivity index (χ2v) is 6.62. The Morgan fingerprint density at radius 3 is 2.32 bits per heavy atom. The molecular weight excluding hydrogens is 390 g/mol. The van der Waals surface area contributed by atoms with Crippen LogP contribution in [-0.4, -0.2) is 63.9 Å². The predicted molar refractivity (Wildman–Crippen MR) is 87.9 cm³/mol. The molecule has 0 spiro atoms. The summed E-state index contributed by atoms with van der Waals surface area (Å²) in [6.07, 6.45) is -4.79. The fourth-order valence-corrected chi connectivity index (χ4v) is 3.17. The lowest BCUT2D eigenvalue weighted by Crippen LogP contribution is -2.45. The van der Waals surface area contributed by atoms with Crippen LogP contribution in [0.15, 0.2) is 18.5 Å². The predicted octanol–water partition coefficient (Wildman–Crippen LogP) is 2.82. The summed E-state index contributed by atoms with van der Waals surface area (Å²) in [6, 6.07) is 1.03. The molecule has 3 aromatic rings. The molecule has 0 amide bonds. The van der Waals surface area contributed by atoms with Crippen LogP contribution in [0.25, 0.3) is 16.6 Å². The van der Waals surface area contributed by atoms with Crippen molar-refractivity contribution in [2.75, 3.05) is 38.1 Å². The van der Waals surface area contributed by atoms with Gasteiger partial charge in [-0.15, -0.1) is 0 Å². The Labute approximate surface area is 154 Å². The van der Waals surface area contributed by atoms with Gasteiger partial charge in [-0.05, 0) is 13.1 Å². The second kappa shape index (κ2) is 6.19. The van der Waals surface area contributed by atoms with Crippen LogP contribution in [0.1, 0.15) is 5.56 Å². The molecule has 0 aliphatic carbocycles. The molecule has 1 fully saturated rings. The summed E-state index contributed by atoms with van der Waals surface area (Å²) in [7, 11) is 1.95. The zero-order valence-corrected chi connectivity index (χ0v) is 14.5. The summed E-state index contributed by atoms with van der Waals surface area (Å²) in [5.74, 6) is -6.71. The smallest absolute Gasteiger partial charge is 0.338 e. The topological polar surface area (TPSA) is 49.6 Å². The van der Waals surface area contributed by atoms with Crippen molar-refractivity contribution in [1.82, 2.24) is 24.5 Å². The van der Waals surface area contributed by atoms with E-state index in [1.807, 2.05) is 11.9 Å². The normalized spacial score (nSPS) is 17.0. The molecule has 0 N–H and O–H groups in total. The molecular formula is C16H14F6N6. The summed E-state index contributed by atoms with van der Waals surface area (Å²) in [5, 5.41) is 3.87. The Balaban J connectivity index is 1.91. The molecule has 0 unspecified atom stereocenters. The molecule has 1 saturated heterocycles. The van der Waals surface area contributed by atoms with Gasteiger partial charge in [-0.25, -0.2) is 14.4 Å². The zero-order valence-electron chi connectivity index (χ0n) is 14.5. The largest absolute Gasteiger partial charge is 0.458 e. The van der Waals surface area contributed by atoms with Gasteiger partial charge in [0.2, 0.25) is 5.95 Å². The molecule has 0 saturated carbocycles. The highest BCUT2D eigenvalue weighted by Gasteiger charge is 2.60. The molecule has 2 aromatic heterocycles. The van der Waals surface area contributed by atoms with E-state index in [0.29, 0.717) is 31.2 Å². The Hall–Kier alpha value is -2.63. The van der Waals surface area contributed by atoms with E-state index in [0.717, 1.165) is 19.4 Å². The zero-order chi connectivity index (χ0) is 20.3. The van der Waals surface area contributed by atoms with E-state index in [9.17, 15) is 26.3 Å². The highest BCUT2D eigenvalue weighted by atomic mass is 19.4. The molecule has 1 aliphatic heterocycles. The Morgan fingerprint density at radius 2 is 1.68 bits per heavy atom. The van der Waals surface area contributed by atoms with Gasteiger partial charge in [-0.3, -0.25) is 0 Å². The number of alkyl halides is 5. The first-order chi connectivity index (χ1) is 13.1. The number of hydrogen-bond donors (Lipinski definition) is 0. The molecule has 0 radical (unpaired) electrons. The van der Waals surface area contributed by atoms with Gasteiger partial charge >= 0.3 is 12.1 Å². The maximum absolute atomic E-state index is 14.2. The van der Waals surface area contributed by atoms with Crippen LogP contribution >= 0.6 is 0 Å². The molecule has 28 heavy (non-hydrogen) atoms. The standard InChI is InChI=1S/C16H14F6N6/c1-26-2-4-27(5-3-26)14-25-12-7-11(17)10(15(18,19)16(20,21)22)6-9(12)13-23-8-24-28(13)14/h6-8H,2-5H2,1H3. The Morgan fingerprint density at radius 1 is 1.00 bits per heavy atom. The van der Waals surface area contributed by atoms with Crippen LogP contribution in [0.4, 0.5) is 32.3 Å². The van der Waals surface area contributed by atoms with Crippen molar-refractivity contribution in [3.63, 3.8) is 0 Å². The van der Waals surface area contributed by atoms with Crippen molar-refractivity contribution >= 4 is 22.5 Å². The Kier molecular flexibility index (Phi) is 4.14. The number of piperazine rings is 1. The summed E-state index contributed by atoms with van der Waals surface area (Å²) in [5.41, 5.74) is -1.82. The number of fused-ring (bicyclic) bond motifs is 3. The van der Waals surface area contributed by atoms with E-state index < -0.39 is 23.5 Å². The van der Waals surface area contributed by atoms with Crippen LogP contribution in [0, 0.1) is 5.82 Å². The number of likely N-dealkylation sites (N-methyl/N-ethyl adjacent to an activating group) is 1. The van der Waals surface area contributed by atoms with Crippen molar-refractivity contribution in [2.24, 2.45) is 0 Å². The fraction of sp³-hybridized carbons (Fsp3) is 0.438. The van der Waals surface area contributed by atoms with Crippen molar-refractivity contribution in [3.05, 3.63) is 29.8 Å². The molecule has 3 heterocycles. The van der Waals surface area contributed by atoms with E-state index in [1.54, 1.807) is 0 Å². The third kappa shape index (κ3) is 2.82. The minimum atomic E-state index is -5.93. The maximum Gasteiger partial charge on any atom is 0.458 e. The van der Waals surface area contributed by atoms with Crippen LogP contribution in [0.5, 0.6) is 0 Å². The van der Waals surface area contributed by atoms with Gasteiger partial charge in [0.1, 0.15) is 12.1 Å². The molecule has 0 atom stereocenters. The number of aromatic nitrogens is 4. The molecule has 12 heteroatoms. The van der Waals surface area contributed by atoms with Gasteiger partial charge in [0.25, 0.3) is 0 Å². The van der Waals surface area contributed by atoms with E-state index in [1.165, 1.54) is 4.52 Å². The highest BCUT2D eigenvalue weighted by Crippen LogP contribution is 2.45. The van der Waals surface area contributed by atoms with Crippen LogP contribution in [0.3, 0.4) is 0 Å². The molecule has 0 bridgehead atoms. The maximum atomic E-state index is 14.2. The van der Waals surface area contributed by atoms with Crippen LogP contribution in [0.2, 0.25) is 0 Å². The lowest BCUT2D eigenvalue weighted by Gasteiger charge is -2.33. The molecule has 1 aromatic carbocycles. The number of rotatable bonds is 2. The SMILES string of the molecule is CN1CCN(c2nc3cc(F)c(C(F)(F)C(F)(F)F)cc3c3ncnn23)CC1. The Bertz CT molecular complexity index is 1040. The number of nitrogens with zero attached hydrogens (tertiary/aromatic N) is 6. The number of hydrogen-bond acceptors (Lipinski definition) is 5. The van der Waals surface area contributed by atoms with Gasteiger partial charge in [0, 0.05) is 37.6 Å². The minimum absolute atomic E-state index is 0.0261. The molecule has 4 rings (SSSR count). The summed E-state index contributed by atoms with van der Waals surface area (Å²) in [4.78, 5) is 12.2. The van der Waals surface area contributed by atoms with Crippen molar-refractivity contribution < 1.29 is 26.3 Å². The summed E-state index contributed by atoms with van der Waals surface area (Å²) in [6.45, 7) is 2.66. The van der Waals surface area contributed by atoms with Crippen molar-refractivity contribution in [2.45, 2.75) is 12.1 Å². The molecule has 1 aliphatic rings. The average molecular weight is 404 g/mol. The van der Waals surface area contributed by atoms with E-state index >= 15 is 0 Å². The van der Waals surface area contributed by atoms with E-state index in [-0.39, 0.29) is 16.6 Å². The fourth-order valence-electron chi connectivity index (χ4n) is 3.17. The van der Waals surface area contributed by atoms with Gasteiger partial charge in [-0.1, -0.05) is 0 Å². The highest BCUT2D eigenvalue weighted by molar-refractivity contribution is 5.93. The summed E-state index contributed by atoms with van der Waals surface area (Å²) < 4.78 is 81.1. The van der Waals surface area contributed by atoms with Gasteiger partial charge in [0.05, 0.1) is 11.1 Å². The number of anilines is 1. The number of halogens is 6.